The molecule has 2 N–H and O–H groups in total. The highest BCUT2D eigenvalue weighted by atomic mass is 17.2. The van der Waals surface area contributed by atoms with E-state index in [1.807, 2.05) is 0 Å². The maximum Gasteiger partial charge on any atom is 0.366 e. The average molecular weight is 236 g/mol. The third kappa shape index (κ3) is 9.09. The lowest BCUT2D eigenvalue weighted by Crippen LogP contribution is -2.08. The van der Waals surface area contributed by atoms with Gasteiger partial charge in [0, 0.05) is 12.2 Å². The lowest BCUT2D eigenvalue weighted by molar-refractivity contribution is -0.272. The molecule has 0 fully saturated rings. The Kier molecular flexibility index (Phi) is 9.12. The Labute approximate surface area is 90.8 Å². The average Bonchev–Trinajstić information content (AvgIpc) is 2.27. The van der Waals surface area contributed by atoms with Crippen molar-refractivity contribution in [2.24, 2.45) is 0 Å². The summed E-state index contributed by atoms with van der Waals surface area (Å²) in [5, 5.41) is 16.5. The Balaban J connectivity index is 3.63. The molecule has 0 saturated carbocycles. The fourth-order valence-electron chi connectivity index (χ4n) is 0.466. The molecule has 0 aliphatic heterocycles. The Morgan fingerprint density at radius 3 is 1.56 bits per heavy atom. The molecule has 0 aromatic rings. The Hall–Kier alpha value is -1.48. The minimum atomic E-state index is -0.937. The van der Waals surface area contributed by atoms with E-state index in [4.69, 9.17) is 10.2 Å². The predicted octanol–water partition coefficient (Wildman–Crippen LogP) is -1.52. The van der Waals surface area contributed by atoms with E-state index in [1.165, 1.54) is 0 Å². The van der Waals surface area contributed by atoms with Crippen molar-refractivity contribution in [3.05, 3.63) is 12.2 Å². The van der Waals surface area contributed by atoms with Crippen LogP contribution >= 0.6 is 0 Å². The highest BCUT2D eigenvalue weighted by molar-refractivity contribution is 5.91. The van der Waals surface area contributed by atoms with Crippen LogP contribution in [-0.2, 0) is 29.1 Å². The summed E-state index contributed by atoms with van der Waals surface area (Å²) in [4.78, 5) is 38.1. The minimum absolute atomic E-state index is 0.163. The number of carbonyl (C=O) groups excluding carboxylic acids is 2. The second-order valence-corrected chi connectivity index (χ2v) is 2.23. The number of aliphatic hydroxyl groups excluding tert-OH is 2. The van der Waals surface area contributed by atoms with Gasteiger partial charge in [0.15, 0.2) is 0 Å². The summed E-state index contributed by atoms with van der Waals surface area (Å²) in [6, 6.07) is 0. The Morgan fingerprint density at radius 1 is 0.875 bits per heavy atom. The maximum atomic E-state index is 10.7. The van der Waals surface area contributed by atoms with Gasteiger partial charge in [-0.05, 0) is 0 Å². The van der Waals surface area contributed by atoms with Crippen LogP contribution < -0.4 is 0 Å². The molecule has 0 radical (unpaired) electrons. The van der Waals surface area contributed by atoms with Crippen molar-refractivity contribution in [3.63, 3.8) is 0 Å². The molecule has 0 amide bonds. The van der Waals surface area contributed by atoms with Crippen molar-refractivity contribution in [1.82, 2.24) is 0 Å². The lowest BCUT2D eigenvalue weighted by Gasteiger charge is -1.98. The number of carbonyl (C=O) groups is 2. The van der Waals surface area contributed by atoms with Crippen molar-refractivity contribution in [1.29, 1.82) is 0 Å². The summed E-state index contributed by atoms with van der Waals surface area (Å²) in [6.45, 7) is -0.921. The fraction of sp³-hybridized carbons (Fsp3) is 0.500. The van der Waals surface area contributed by atoms with Crippen LogP contribution in [0.25, 0.3) is 0 Å². The standard InChI is InChI=1S/C8H12O8/c9-3-5-13-15-7(11)1-2-8(12)16-14-6-4-10/h1-2,9-10H,3-6H2/b2-1-. The van der Waals surface area contributed by atoms with Crippen molar-refractivity contribution >= 4 is 11.9 Å². The first-order chi connectivity index (χ1) is 7.70. The van der Waals surface area contributed by atoms with E-state index >= 15 is 0 Å². The third-order valence-corrected chi connectivity index (χ3v) is 0.987. The fourth-order valence-corrected chi connectivity index (χ4v) is 0.466. The molecule has 0 heterocycles. The normalized spacial score (nSPS) is 10.4. The topological polar surface area (TPSA) is 112 Å². The van der Waals surface area contributed by atoms with Crippen LogP contribution in [0.2, 0.25) is 0 Å². The quantitative estimate of drug-likeness (QED) is 0.226. The summed E-state index contributed by atoms with van der Waals surface area (Å²) < 4.78 is 0. The van der Waals surface area contributed by atoms with Gasteiger partial charge in [0.1, 0.15) is 13.2 Å². The lowest BCUT2D eigenvalue weighted by atomic mass is 10.5. The van der Waals surface area contributed by atoms with Crippen LogP contribution in [0, 0.1) is 0 Å². The van der Waals surface area contributed by atoms with Gasteiger partial charge in [-0.1, -0.05) is 0 Å². The van der Waals surface area contributed by atoms with Gasteiger partial charge in [-0.15, -0.1) is 0 Å². The third-order valence-electron chi connectivity index (χ3n) is 0.987. The molecule has 0 saturated heterocycles. The minimum Gasteiger partial charge on any atom is -0.394 e. The van der Waals surface area contributed by atoms with E-state index in [1.54, 1.807) is 0 Å². The first kappa shape index (κ1) is 14.5. The van der Waals surface area contributed by atoms with E-state index in [0.29, 0.717) is 0 Å². The highest BCUT2D eigenvalue weighted by Crippen LogP contribution is 1.87. The maximum absolute atomic E-state index is 10.7. The second kappa shape index (κ2) is 10.1. The molecule has 0 rings (SSSR count). The van der Waals surface area contributed by atoms with Crippen molar-refractivity contribution in [2.45, 2.75) is 0 Å². The van der Waals surface area contributed by atoms with Gasteiger partial charge in [0.2, 0.25) is 0 Å². The van der Waals surface area contributed by atoms with Crippen LogP contribution in [0.4, 0.5) is 0 Å². The summed E-state index contributed by atoms with van der Waals surface area (Å²) in [5.74, 6) is -1.87. The Bertz CT molecular complexity index is 212. The van der Waals surface area contributed by atoms with Gasteiger partial charge in [-0.3, -0.25) is 9.78 Å². The van der Waals surface area contributed by atoms with Gasteiger partial charge in [-0.2, -0.15) is 9.78 Å². The molecule has 8 heteroatoms. The van der Waals surface area contributed by atoms with E-state index in [9.17, 15) is 9.59 Å². The second-order valence-electron chi connectivity index (χ2n) is 2.23. The van der Waals surface area contributed by atoms with Crippen LogP contribution in [0.5, 0.6) is 0 Å². The van der Waals surface area contributed by atoms with Gasteiger partial charge in [0.05, 0.1) is 13.2 Å². The molecule has 0 aliphatic carbocycles. The predicted molar refractivity (Wildman–Crippen MR) is 47.4 cm³/mol. The largest absolute Gasteiger partial charge is 0.394 e. The molecular formula is C8H12O8. The van der Waals surface area contributed by atoms with Crippen LogP contribution in [0.1, 0.15) is 0 Å². The molecule has 0 bridgehead atoms. The van der Waals surface area contributed by atoms with Crippen molar-refractivity contribution in [3.8, 4) is 0 Å². The smallest absolute Gasteiger partial charge is 0.366 e. The van der Waals surface area contributed by atoms with Gasteiger partial charge < -0.3 is 10.2 Å². The molecular weight excluding hydrogens is 224 g/mol. The van der Waals surface area contributed by atoms with E-state index < -0.39 is 11.9 Å². The first-order valence-corrected chi connectivity index (χ1v) is 4.27. The number of hydrogen-bond acceptors (Lipinski definition) is 8. The molecule has 92 valence electrons. The Morgan fingerprint density at radius 2 is 1.25 bits per heavy atom. The molecule has 8 nitrogen and oxygen atoms in total. The molecule has 0 aromatic carbocycles. The van der Waals surface area contributed by atoms with E-state index in [2.05, 4.69) is 19.6 Å². The zero-order chi connectivity index (χ0) is 12.2. The molecule has 0 spiro atoms. The van der Waals surface area contributed by atoms with Gasteiger partial charge in [0.25, 0.3) is 0 Å². The summed E-state index contributed by atoms with van der Waals surface area (Å²) >= 11 is 0. The zero-order valence-corrected chi connectivity index (χ0v) is 8.33. The van der Waals surface area contributed by atoms with Crippen LogP contribution in [0.15, 0.2) is 12.2 Å². The van der Waals surface area contributed by atoms with Gasteiger partial charge in [-0.25, -0.2) is 9.59 Å². The molecule has 0 aliphatic rings. The number of rotatable bonds is 8. The van der Waals surface area contributed by atoms with Crippen molar-refractivity contribution < 1.29 is 39.4 Å². The highest BCUT2D eigenvalue weighted by Gasteiger charge is 2.02. The molecule has 0 unspecified atom stereocenters. The monoisotopic (exact) mass is 236 g/mol. The van der Waals surface area contributed by atoms with Crippen LogP contribution in [0.3, 0.4) is 0 Å². The van der Waals surface area contributed by atoms with Crippen LogP contribution in [-0.4, -0.2) is 48.6 Å². The van der Waals surface area contributed by atoms with Gasteiger partial charge >= 0.3 is 11.9 Å². The SMILES string of the molecule is O=C(/C=C\C(=O)OOCCO)OOCCO. The molecule has 16 heavy (non-hydrogen) atoms. The van der Waals surface area contributed by atoms with Crippen molar-refractivity contribution in [2.75, 3.05) is 26.4 Å². The summed E-state index contributed by atoms with van der Waals surface area (Å²) in [6.07, 6.45) is 1.50. The number of hydrogen-bond donors (Lipinski definition) is 2. The summed E-state index contributed by atoms with van der Waals surface area (Å²) in [5.41, 5.74) is 0. The molecule has 0 atom stereocenters. The summed E-state index contributed by atoms with van der Waals surface area (Å²) in [7, 11) is 0. The van der Waals surface area contributed by atoms with E-state index in [-0.39, 0.29) is 26.4 Å². The zero-order valence-electron chi connectivity index (χ0n) is 8.33. The number of aliphatic hydroxyl groups is 2. The molecule has 0 aromatic heterocycles. The van der Waals surface area contributed by atoms with E-state index in [0.717, 1.165) is 12.2 Å². The first-order valence-electron chi connectivity index (χ1n) is 4.27.